The summed E-state index contributed by atoms with van der Waals surface area (Å²) in [7, 11) is 0. The van der Waals surface area contributed by atoms with Crippen molar-refractivity contribution in [3.8, 4) is 17.0 Å². The zero-order valence-electron chi connectivity index (χ0n) is 29.2. The first-order valence-corrected chi connectivity index (χ1v) is 17.7. The molecule has 2 fully saturated rings. The van der Waals surface area contributed by atoms with Gasteiger partial charge in [-0.1, -0.05) is 90.1 Å². The molecule has 4 amide bonds. The molecule has 8 rings (SSSR count). The number of nitrogens with zero attached hydrogens (tertiary/aromatic N) is 5. The number of phenolic OH excluding ortho intramolecular Hbond substituents is 1. The third-order valence-electron chi connectivity index (χ3n) is 9.97. The van der Waals surface area contributed by atoms with Crippen molar-refractivity contribution >= 4 is 28.6 Å². The first-order chi connectivity index (χ1) is 26.3. The van der Waals surface area contributed by atoms with Crippen molar-refractivity contribution in [2.45, 2.75) is 38.3 Å². The molecular formula is C42H37FN6O5. The molecule has 6 aromatic rings. The van der Waals surface area contributed by atoms with Gasteiger partial charge < -0.3 is 24.7 Å². The number of aromatic hydroxyl groups is 1. The highest BCUT2D eigenvalue weighted by atomic mass is 19.1. The summed E-state index contributed by atoms with van der Waals surface area (Å²) in [5, 5.41) is 22.4. The van der Waals surface area contributed by atoms with Gasteiger partial charge in [0, 0.05) is 31.1 Å². The summed E-state index contributed by atoms with van der Waals surface area (Å²) in [5.41, 5.74) is 3.71. The molecule has 0 radical (unpaired) electrons. The first kappa shape index (κ1) is 34.6. The molecule has 2 aliphatic heterocycles. The fourth-order valence-electron chi connectivity index (χ4n) is 7.34. The second-order valence-electron chi connectivity index (χ2n) is 13.5. The van der Waals surface area contributed by atoms with E-state index in [1.54, 1.807) is 52.4 Å². The van der Waals surface area contributed by atoms with Crippen LogP contribution in [-0.2, 0) is 35.6 Å². The second kappa shape index (κ2) is 14.8. The maximum Gasteiger partial charge on any atom is 0.334 e. The average molecular weight is 725 g/mol. The molecule has 1 aromatic heterocycles. The maximum absolute atomic E-state index is 14.6. The van der Waals surface area contributed by atoms with Crippen molar-refractivity contribution in [1.82, 2.24) is 30.3 Å². The summed E-state index contributed by atoms with van der Waals surface area (Å²) < 4.78 is 19.3. The van der Waals surface area contributed by atoms with Crippen LogP contribution in [-0.4, -0.2) is 73.2 Å². The number of nitrogens with one attached hydrogen (secondary N) is 1. The van der Waals surface area contributed by atoms with Crippen LogP contribution in [0.25, 0.3) is 22.0 Å². The zero-order chi connectivity index (χ0) is 37.2. The fourth-order valence-corrected chi connectivity index (χ4v) is 7.34. The van der Waals surface area contributed by atoms with Gasteiger partial charge in [-0.05, 0) is 63.9 Å². The van der Waals surface area contributed by atoms with Gasteiger partial charge in [0.2, 0.25) is 11.8 Å². The van der Waals surface area contributed by atoms with Crippen LogP contribution in [0.15, 0.2) is 132 Å². The topological polar surface area (TPSA) is 122 Å². The quantitative estimate of drug-likeness (QED) is 0.185. The molecule has 0 unspecified atom stereocenters. The number of halogens is 1. The van der Waals surface area contributed by atoms with Crippen molar-refractivity contribution in [3.05, 3.63) is 156 Å². The molecule has 54 heavy (non-hydrogen) atoms. The van der Waals surface area contributed by atoms with Crippen LogP contribution < -0.4 is 5.32 Å². The fraction of sp³-hybridized carbons (Fsp3) is 0.190. The Morgan fingerprint density at radius 1 is 0.852 bits per heavy atom. The predicted octanol–water partition coefficient (Wildman–Crippen LogP) is 6.09. The Morgan fingerprint density at radius 2 is 1.59 bits per heavy atom. The number of amides is 4. The number of phenols is 1. The number of aromatic nitrogens is 1. The van der Waals surface area contributed by atoms with Crippen LogP contribution in [0.1, 0.15) is 22.5 Å². The van der Waals surface area contributed by atoms with E-state index in [9.17, 15) is 23.9 Å². The number of hydrazine groups is 1. The van der Waals surface area contributed by atoms with Crippen LogP contribution in [0.3, 0.4) is 0 Å². The van der Waals surface area contributed by atoms with Crippen LogP contribution >= 0.6 is 0 Å². The van der Waals surface area contributed by atoms with E-state index in [1.165, 1.54) is 22.0 Å². The van der Waals surface area contributed by atoms with Gasteiger partial charge in [0.05, 0.1) is 19.6 Å². The number of carbonyl (C=O) groups is 3. The van der Waals surface area contributed by atoms with Gasteiger partial charge in [-0.2, -0.15) is 5.01 Å². The summed E-state index contributed by atoms with van der Waals surface area (Å²) in [6, 6.07) is 36.2. The smallest absolute Gasteiger partial charge is 0.334 e. The summed E-state index contributed by atoms with van der Waals surface area (Å²) in [6.07, 6.45) is -0.702. The van der Waals surface area contributed by atoms with Crippen molar-refractivity contribution < 1.29 is 28.4 Å². The van der Waals surface area contributed by atoms with Gasteiger partial charge in [0.25, 0.3) is 0 Å². The number of urea groups is 1. The summed E-state index contributed by atoms with van der Waals surface area (Å²) in [6.45, 7) is 0.338. The normalized spacial score (nSPS) is 17.5. The number of rotatable bonds is 9. The number of fused-ring (bicyclic) bond motifs is 2. The predicted molar refractivity (Wildman–Crippen MR) is 198 cm³/mol. The Hall–Kier alpha value is -6.53. The lowest BCUT2D eigenvalue weighted by Crippen LogP contribution is -2.76. The van der Waals surface area contributed by atoms with E-state index in [-0.39, 0.29) is 62.5 Å². The third-order valence-corrected chi connectivity index (χ3v) is 9.97. The molecule has 0 bridgehead atoms. The molecule has 3 heterocycles. The minimum Gasteiger partial charge on any atom is -0.508 e. The number of piperazine rings is 1. The van der Waals surface area contributed by atoms with Crippen molar-refractivity contribution in [2.75, 3.05) is 13.1 Å². The number of carbonyl (C=O) groups excluding carboxylic acids is 3. The van der Waals surface area contributed by atoms with Gasteiger partial charge >= 0.3 is 6.03 Å². The molecule has 2 saturated heterocycles. The van der Waals surface area contributed by atoms with E-state index in [0.29, 0.717) is 17.0 Å². The van der Waals surface area contributed by atoms with Gasteiger partial charge in [-0.3, -0.25) is 9.59 Å². The number of hydrogen-bond acceptors (Lipinski definition) is 7. The largest absolute Gasteiger partial charge is 0.508 e. The Morgan fingerprint density at radius 3 is 2.39 bits per heavy atom. The average Bonchev–Trinajstić information content (AvgIpc) is 3.65. The molecule has 2 N–H and O–H groups in total. The second-order valence-corrected chi connectivity index (χ2v) is 13.5. The Labute approximate surface area is 310 Å². The van der Waals surface area contributed by atoms with Crippen LogP contribution in [0.5, 0.6) is 5.75 Å². The number of benzene rings is 5. The monoisotopic (exact) mass is 724 g/mol. The minimum atomic E-state index is -0.933. The molecule has 0 aliphatic carbocycles. The lowest BCUT2D eigenvalue weighted by atomic mass is 9.97. The van der Waals surface area contributed by atoms with E-state index in [0.717, 1.165) is 27.5 Å². The van der Waals surface area contributed by atoms with Crippen LogP contribution in [0.2, 0.25) is 0 Å². The van der Waals surface area contributed by atoms with Crippen molar-refractivity contribution in [2.24, 2.45) is 0 Å². The standard InChI is InChI=1S/C42H37FN6O5/c43-33-17-15-31(16-18-33)37-22-35(54-45-37)25-47-27-40(51)48-38(21-28-13-19-34(50)20-14-28)41(52)46(24-32-11-6-10-30-9-4-5-12-36(30)32)26-39(48)49(47)42(53)44-23-29-7-2-1-3-8-29/h1-20,22,38-39,50H,21,23-27H2,(H,44,53)/t38-,39-/m0/s1. The lowest BCUT2D eigenvalue weighted by molar-refractivity contribution is -0.193. The minimum absolute atomic E-state index is 0.0168. The maximum atomic E-state index is 14.6. The third kappa shape index (κ3) is 7.11. The van der Waals surface area contributed by atoms with Crippen molar-refractivity contribution in [1.29, 1.82) is 0 Å². The highest BCUT2D eigenvalue weighted by Gasteiger charge is 2.51. The molecule has 2 atom stereocenters. The number of hydrogen-bond donors (Lipinski definition) is 2. The highest BCUT2D eigenvalue weighted by Crippen LogP contribution is 2.32. The first-order valence-electron chi connectivity index (χ1n) is 17.7. The molecule has 272 valence electrons. The van der Waals surface area contributed by atoms with Crippen LogP contribution in [0, 0.1) is 5.82 Å². The van der Waals surface area contributed by atoms with Gasteiger partial charge in [0.15, 0.2) is 5.76 Å². The van der Waals surface area contributed by atoms with E-state index >= 15 is 0 Å². The summed E-state index contributed by atoms with van der Waals surface area (Å²) in [4.78, 5) is 46.6. The highest BCUT2D eigenvalue weighted by molar-refractivity contribution is 5.92. The SMILES string of the molecule is O=C1[C@H](Cc2ccc(O)cc2)N2C(=O)CN(Cc3cc(-c4ccc(F)cc4)no3)N(C(=O)NCc3ccccc3)[C@H]2CN1Cc1cccc2ccccc12. The molecule has 5 aromatic carbocycles. The van der Waals surface area contributed by atoms with E-state index in [4.69, 9.17) is 4.52 Å². The van der Waals surface area contributed by atoms with Gasteiger partial charge in [0.1, 0.15) is 29.5 Å². The molecular weight excluding hydrogens is 687 g/mol. The van der Waals surface area contributed by atoms with Gasteiger partial charge in [-0.25, -0.2) is 14.2 Å². The lowest BCUT2D eigenvalue weighted by Gasteiger charge is -2.55. The van der Waals surface area contributed by atoms with E-state index in [2.05, 4.69) is 10.5 Å². The van der Waals surface area contributed by atoms with E-state index < -0.39 is 18.2 Å². The Kier molecular flexibility index (Phi) is 9.49. The Bertz CT molecular complexity index is 2290. The zero-order valence-corrected chi connectivity index (χ0v) is 29.2. The molecule has 12 heteroatoms. The van der Waals surface area contributed by atoms with Gasteiger partial charge in [-0.15, -0.1) is 0 Å². The molecule has 2 aliphatic rings. The molecule has 11 nitrogen and oxygen atoms in total. The molecule has 0 saturated carbocycles. The molecule has 0 spiro atoms. The summed E-state index contributed by atoms with van der Waals surface area (Å²) >= 11 is 0. The Balaban J connectivity index is 1.16. The van der Waals surface area contributed by atoms with Crippen LogP contribution in [0.4, 0.5) is 9.18 Å². The van der Waals surface area contributed by atoms with Crippen molar-refractivity contribution in [3.63, 3.8) is 0 Å². The summed E-state index contributed by atoms with van der Waals surface area (Å²) in [5.74, 6) is -0.466. The van der Waals surface area contributed by atoms with E-state index in [1.807, 2.05) is 72.8 Å².